The molecule has 9 heteroatoms. The summed E-state index contributed by atoms with van der Waals surface area (Å²) in [6, 6.07) is 12.4. The standard InChI is InChI=1S/C26H36N4O4S/c1-4-11-30(12-5-2)26(32)22-15-21-10-9-20(17-24(21)28-25(27)18-22)19-7-6-8-23(16-19)35(33,34)29(3)13-14-31/h6-10,15-17,26,31-32H,4-5,11-14,18H2,1-3H3,(H2,27,28). The monoisotopic (exact) mass is 500 g/mol. The van der Waals surface area contributed by atoms with Crippen LogP contribution < -0.4 is 5.73 Å². The normalized spacial score (nSPS) is 14.9. The predicted molar refractivity (Wildman–Crippen MR) is 141 cm³/mol. The van der Waals surface area contributed by atoms with Gasteiger partial charge < -0.3 is 15.9 Å². The topological polar surface area (TPSA) is 119 Å². The molecule has 1 unspecified atom stereocenters. The number of hydrogen-bond donors (Lipinski definition) is 3. The van der Waals surface area contributed by atoms with Crippen LogP contribution in [-0.4, -0.2) is 73.2 Å². The molecular formula is C26H36N4O4S. The van der Waals surface area contributed by atoms with Crippen molar-refractivity contribution in [3.8, 4) is 11.1 Å². The summed E-state index contributed by atoms with van der Waals surface area (Å²) in [7, 11) is -2.27. The van der Waals surface area contributed by atoms with Gasteiger partial charge in [-0.05, 0) is 53.8 Å². The zero-order valence-corrected chi connectivity index (χ0v) is 21.5. The molecule has 8 nitrogen and oxygen atoms in total. The van der Waals surface area contributed by atoms with Gasteiger partial charge in [-0.15, -0.1) is 0 Å². The third-order valence-electron chi connectivity index (χ3n) is 6.01. The average Bonchev–Trinajstić information content (AvgIpc) is 3.01. The lowest BCUT2D eigenvalue weighted by atomic mass is 10.0. The molecule has 35 heavy (non-hydrogen) atoms. The fourth-order valence-corrected chi connectivity index (χ4v) is 5.41. The van der Waals surface area contributed by atoms with Crippen LogP contribution in [0.25, 0.3) is 17.2 Å². The molecule has 1 heterocycles. The third kappa shape index (κ3) is 6.36. The number of nitrogens with zero attached hydrogens (tertiary/aromatic N) is 3. The van der Waals surface area contributed by atoms with Crippen molar-refractivity contribution in [2.75, 3.05) is 33.3 Å². The number of aliphatic hydroxyl groups excluding tert-OH is 2. The van der Waals surface area contributed by atoms with E-state index in [4.69, 9.17) is 10.8 Å². The Hall–Kier alpha value is -2.56. The molecule has 0 bridgehead atoms. The van der Waals surface area contributed by atoms with Gasteiger partial charge in [-0.25, -0.2) is 13.4 Å². The molecule has 1 aliphatic rings. The van der Waals surface area contributed by atoms with Gasteiger partial charge in [-0.2, -0.15) is 4.31 Å². The molecule has 2 aromatic rings. The molecule has 0 radical (unpaired) electrons. The van der Waals surface area contributed by atoms with E-state index in [9.17, 15) is 13.5 Å². The Kier molecular flexibility index (Phi) is 9.21. The highest BCUT2D eigenvalue weighted by molar-refractivity contribution is 7.89. The van der Waals surface area contributed by atoms with E-state index in [0.717, 1.165) is 52.5 Å². The molecule has 0 spiro atoms. The molecule has 3 rings (SSSR count). The van der Waals surface area contributed by atoms with E-state index in [2.05, 4.69) is 23.7 Å². The molecule has 0 aromatic heterocycles. The first-order chi connectivity index (χ1) is 16.7. The number of likely N-dealkylation sites (N-methyl/N-ethyl adjacent to an activating group) is 1. The first-order valence-electron chi connectivity index (χ1n) is 12.0. The first-order valence-corrected chi connectivity index (χ1v) is 13.4. The molecule has 0 saturated carbocycles. The van der Waals surface area contributed by atoms with E-state index >= 15 is 0 Å². The van der Waals surface area contributed by atoms with Crippen LogP contribution in [0.3, 0.4) is 0 Å². The fraction of sp³-hybridized carbons (Fsp3) is 0.423. The summed E-state index contributed by atoms with van der Waals surface area (Å²) in [4.78, 5) is 6.80. The van der Waals surface area contributed by atoms with Crippen molar-refractivity contribution in [1.82, 2.24) is 9.21 Å². The number of aliphatic imine (C=N–C) groups is 1. The van der Waals surface area contributed by atoms with Crippen LogP contribution in [0.1, 0.15) is 38.7 Å². The summed E-state index contributed by atoms with van der Waals surface area (Å²) in [5.41, 5.74) is 10.1. The van der Waals surface area contributed by atoms with Crippen LogP contribution >= 0.6 is 0 Å². The SMILES string of the molecule is CCCN(CCC)C(O)C1=Cc2ccc(-c3cccc(S(=O)(=O)N(C)CCO)c3)cc2N=C(N)C1. The molecule has 1 atom stereocenters. The number of aliphatic hydroxyl groups is 2. The zero-order valence-electron chi connectivity index (χ0n) is 20.7. The molecule has 4 N–H and O–H groups in total. The maximum absolute atomic E-state index is 12.8. The first kappa shape index (κ1) is 27.0. The highest BCUT2D eigenvalue weighted by atomic mass is 32.2. The fourth-order valence-electron chi connectivity index (χ4n) is 4.20. The van der Waals surface area contributed by atoms with E-state index in [1.807, 2.05) is 30.3 Å². The Bertz CT molecular complexity index is 1190. The van der Waals surface area contributed by atoms with Gasteiger partial charge in [0.1, 0.15) is 12.1 Å². The number of sulfonamides is 1. The average molecular weight is 501 g/mol. The number of rotatable bonds is 11. The van der Waals surface area contributed by atoms with Gasteiger partial charge >= 0.3 is 0 Å². The zero-order chi connectivity index (χ0) is 25.6. The largest absolute Gasteiger partial charge is 0.395 e. The van der Waals surface area contributed by atoms with Gasteiger partial charge in [0.2, 0.25) is 10.0 Å². The summed E-state index contributed by atoms with van der Waals surface area (Å²) in [5.74, 6) is 0.418. The van der Waals surface area contributed by atoms with Crippen LogP contribution in [-0.2, 0) is 10.0 Å². The van der Waals surface area contributed by atoms with E-state index in [-0.39, 0.29) is 18.0 Å². The van der Waals surface area contributed by atoms with E-state index in [0.29, 0.717) is 17.9 Å². The van der Waals surface area contributed by atoms with E-state index < -0.39 is 16.3 Å². The summed E-state index contributed by atoms with van der Waals surface area (Å²) in [5, 5.41) is 20.2. The second kappa shape index (κ2) is 11.9. The quantitative estimate of drug-likeness (QED) is 0.408. The minimum Gasteiger partial charge on any atom is -0.395 e. The van der Waals surface area contributed by atoms with Crippen molar-refractivity contribution < 1.29 is 18.6 Å². The number of hydrogen-bond acceptors (Lipinski definition) is 7. The number of fused-ring (bicyclic) bond motifs is 1. The third-order valence-corrected chi connectivity index (χ3v) is 7.86. The second-order valence-electron chi connectivity index (χ2n) is 8.76. The van der Waals surface area contributed by atoms with Gasteiger partial charge in [-0.3, -0.25) is 4.90 Å². The van der Waals surface area contributed by atoms with Crippen molar-refractivity contribution >= 4 is 27.6 Å². The summed E-state index contributed by atoms with van der Waals surface area (Å²) in [6.07, 6.45) is 3.49. The maximum Gasteiger partial charge on any atom is 0.242 e. The Morgan fingerprint density at radius 3 is 2.40 bits per heavy atom. The number of nitrogens with two attached hydrogens (primary N) is 1. The lowest BCUT2D eigenvalue weighted by Gasteiger charge is -2.28. The lowest BCUT2D eigenvalue weighted by molar-refractivity contribution is 0.0323. The lowest BCUT2D eigenvalue weighted by Crippen LogP contribution is -2.38. The van der Waals surface area contributed by atoms with Gasteiger partial charge in [-0.1, -0.05) is 38.1 Å². The molecule has 0 saturated heterocycles. The van der Waals surface area contributed by atoms with Crippen LogP contribution in [0.15, 0.2) is 57.9 Å². The summed E-state index contributed by atoms with van der Waals surface area (Å²) < 4.78 is 26.8. The molecule has 0 amide bonds. The highest BCUT2D eigenvalue weighted by Gasteiger charge is 2.23. The van der Waals surface area contributed by atoms with Gasteiger partial charge in [0.15, 0.2) is 0 Å². The maximum atomic E-state index is 12.8. The van der Waals surface area contributed by atoms with Crippen LogP contribution in [0, 0.1) is 0 Å². The van der Waals surface area contributed by atoms with Crippen molar-refractivity contribution in [1.29, 1.82) is 0 Å². The minimum atomic E-state index is -3.71. The van der Waals surface area contributed by atoms with Crippen LogP contribution in [0.4, 0.5) is 5.69 Å². The second-order valence-corrected chi connectivity index (χ2v) is 10.8. The van der Waals surface area contributed by atoms with Crippen LogP contribution in [0.5, 0.6) is 0 Å². The Balaban J connectivity index is 1.97. The Morgan fingerprint density at radius 2 is 1.74 bits per heavy atom. The molecule has 2 aromatic carbocycles. The molecular weight excluding hydrogens is 464 g/mol. The van der Waals surface area contributed by atoms with Crippen molar-refractivity contribution in [3.05, 3.63) is 53.6 Å². The van der Waals surface area contributed by atoms with Crippen LogP contribution in [0.2, 0.25) is 0 Å². The van der Waals surface area contributed by atoms with Gasteiger partial charge in [0.25, 0.3) is 0 Å². The van der Waals surface area contributed by atoms with Crippen molar-refractivity contribution in [2.45, 2.75) is 44.2 Å². The molecule has 0 aliphatic carbocycles. The Labute approximate surface area is 208 Å². The summed E-state index contributed by atoms with van der Waals surface area (Å²) in [6.45, 7) is 5.54. The molecule has 0 fully saturated rings. The highest BCUT2D eigenvalue weighted by Crippen LogP contribution is 2.33. The van der Waals surface area contributed by atoms with Gasteiger partial charge in [0, 0.05) is 38.7 Å². The van der Waals surface area contributed by atoms with Crippen molar-refractivity contribution in [2.24, 2.45) is 10.7 Å². The molecule has 190 valence electrons. The van der Waals surface area contributed by atoms with E-state index in [1.54, 1.807) is 18.2 Å². The predicted octanol–water partition coefficient (Wildman–Crippen LogP) is 3.18. The Morgan fingerprint density at radius 1 is 1.06 bits per heavy atom. The summed E-state index contributed by atoms with van der Waals surface area (Å²) >= 11 is 0. The minimum absolute atomic E-state index is 0.0217. The van der Waals surface area contributed by atoms with Gasteiger partial charge in [0.05, 0.1) is 17.2 Å². The van der Waals surface area contributed by atoms with Crippen molar-refractivity contribution in [3.63, 3.8) is 0 Å². The number of amidine groups is 1. The molecule has 1 aliphatic heterocycles. The smallest absolute Gasteiger partial charge is 0.242 e. The van der Waals surface area contributed by atoms with E-state index in [1.165, 1.54) is 7.05 Å². The number of benzene rings is 2.